The molecule has 1 aromatic carbocycles. The van der Waals surface area contributed by atoms with Crippen LogP contribution in [0.3, 0.4) is 0 Å². The fourth-order valence-electron chi connectivity index (χ4n) is 2.18. The lowest BCUT2D eigenvalue weighted by molar-refractivity contribution is -0.121. The summed E-state index contributed by atoms with van der Waals surface area (Å²) in [6, 6.07) is 2.18. The highest BCUT2D eigenvalue weighted by molar-refractivity contribution is 7.89. The second-order valence-electron chi connectivity index (χ2n) is 4.40. The number of amides is 1. The molecule has 1 aromatic rings. The first-order valence-electron chi connectivity index (χ1n) is 5.69. The minimum atomic E-state index is -3.97. The average Bonchev–Trinajstić information content (AvgIpc) is 2.76. The first-order chi connectivity index (χ1) is 8.82. The van der Waals surface area contributed by atoms with Crippen LogP contribution in [0.1, 0.15) is 12.8 Å². The van der Waals surface area contributed by atoms with E-state index in [1.807, 2.05) is 0 Å². The lowest BCUT2D eigenvalue weighted by Crippen LogP contribution is -2.43. The van der Waals surface area contributed by atoms with Crippen molar-refractivity contribution in [2.45, 2.75) is 23.8 Å². The molecule has 1 amide bonds. The van der Waals surface area contributed by atoms with Gasteiger partial charge in [0, 0.05) is 12.2 Å². The van der Waals surface area contributed by atoms with Crippen molar-refractivity contribution in [2.24, 2.45) is 5.73 Å². The Morgan fingerprint density at radius 2 is 2.05 bits per heavy atom. The van der Waals surface area contributed by atoms with Gasteiger partial charge in [0.05, 0.1) is 4.90 Å². The molecule has 8 heteroatoms. The van der Waals surface area contributed by atoms with Crippen LogP contribution < -0.4 is 11.5 Å². The van der Waals surface area contributed by atoms with Crippen molar-refractivity contribution in [1.29, 1.82) is 0 Å². The Bertz CT molecular complexity index is 597. The van der Waals surface area contributed by atoms with Gasteiger partial charge in [0.25, 0.3) is 0 Å². The van der Waals surface area contributed by atoms with Crippen LogP contribution in [0.5, 0.6) is 0 Å². The van der Waals surface area contributed by atoms with E-state index < -0.39 is 27.8 Å². The number of nitrogens with zero attached hydrogens (tertiary/aromatic N) is 1. The number of benzene rings is 1. The number of anilines is 1. The van der Waals surface area contributed by atoms with E-state index >= 15 is 0 Å². The molecule has 1 heterocycles. The fraction of sp³-hybridized carbons (Fsp3) is 0.364. The Morgan fingerprint density at radius 1 is 1.37 bits per heavy atom. The summed E-state index contributed by atoms with van der Waals surface area (Å²) in [7, 11) is -3.97. The molecule has 0 bridgehead atoms. The molecule has 1 saturated heterocycles. The van der Waals surface area contributed by atoms with Crippen molar-refractivity contribution in [2.75, 3.05) is 12.3 Å². The molecular weight excluding hydrogens is 273 g/mol. The minimum Gasteiger partial charge on any atom is -0.399 e. The van der Waals surface area contributed by atoms with Crippen molar-refractivity contribution in [3.05, 3.63) is 24.0 Å². The molecule has 1 aliphatic heterocycles. The van der Waals surface area contributed by atoms with Crippen LogP contribution in [0.25, 0.3) is 0 Å². The predicted molar refractivity (Wildman–Crippen MR) is 66.9 cm³/mol. The molecule has 1 aliphatic rings. The van der Waals surface area contributed by atoms with Crippen LogP contribution in [0.2, 0.25) is 0 Å². The number of carbonyl (C=O) groups is 1. The Hall–Kier alpha value is -1.67. The third-order valence-corrected chi connectivity index (χ3v) is 4.92. The molecule has 4 N–H and O–H groups in total. The minimum absolute atomic E-state index is 0.00777. The Balaban J connectivity index is 2.44. The third-order valence-electron chi connectivity index (χ3n) is 3.03. The van der Waals surface area contributed by atoms with Gasteiger partial charge in [0.1, 0.15) is 11.9 Å². The molecule has 104 valence electrons. The van der Waals surface area contributed by atoms with E-state index in [4.69, 9.17) is 11.5 Å². The molecule has 0 radical (unpaired) electrons. The van der Waals surface area contributed by atoms with Gasteiger partial charge in [-0.05, 0) is 31.0 Å². The van der Waals surface area contributed by atoms with E-state index in [1.165, 1.54) is 0 Å². The fourth-order valence-corrected chi connectivity index (χ4v) is 3.91. The number of halogens is 1. The highest BCUT2D eigenvalue weighted by Gasteiger charge is 2.38. The highest BCUT2D eigenvalue weighted by atomic mass is 32.2. The molecule has 2 rings (SSSR count). The van der Waals surface area contributed by atoms with E-state index in [9.17, 15) is 17.6 Å². The largest absolute Gasteiger partial charge is 0.399 e. The molecule has 6 nitrogen and oxygen atoms in total. The Labute approximate surface area is 110 Å². The molecule has 1 atom stereocenters. The van der Waals surface area contributed by atoms with Gasteiger partial charge in [0.15, 0.2) is 0 Å². The molecule has 0 aliphatic carbocycles. The maximum atomic E-state index is 13.2. The van der Waals surface area contributed by atoms with Gasteiger partial charge < -0.3 is 11.5 Å². The molecule has 0 aromatic heterocycles. The summed E-state index contributed by atoms with van der Waals surface area (Å²) in [6.45, 7) is 0.187. The normalized spacial score (nSPS) is 20.6. The third kappa shape index (κ3) is 2.54. The summed E-state index contributed by atoms with van der Waals surface area (Å²) < 4.78 is 38.9. The van der Waals surface area contributed by atoms with E-state index in [-0.39, 0.29) is 17.1 Å². The molecule has 1 fully saturated rings. The molecule has 0 spiro atoms. The van der Waals surface area contributed by atoms with Crippen LogP contribution >= 0.6 is 0 Å². The van der Waals surface area contributed by atoms with Gasteiger partial charge in [-0.2, -0.15) is 4.31 Å². The second-order valence-corrected chi connectivity index (χ2v) is 6.29. The van der Waals surface area contributed by atoms with Crippen molar-refractivity contribution >= 4 is 21.6 Å². The van der Waals surface area contributed by atoms with Gasteiger partial charge >= 0.3 is 0 Å². The van der Waals surface area contributed by atoms with Crippen molar-refractivity contribution in [1.82, 2.24) is 4.31 Å². The number of sulfonamides is 1. The molecule has 0 saturated carbocycles. The SMILES string of the molecule is NC(=O)C1CCCN1S(=O)(=O)c1cc(N)cc(F)c1. The monoisotopic (exact) mass is 287 g/mol. The summed E-state index contributed by atoms with van der Waals surface area (Å²) in [5.74, 6) is -1.45. The molecule has 19 heavy (non-hydrogen) atoms. The van der Waals surface area contributed by atoms with E-state index in [0.717, 1.165) is 22.5 Å². The number of rotatable bonds is 3. The predicted octanol–water partition coefficient (Wildman–Crippen LogP) is 0.0463. The van der Waals surface area contributed by atoms with Gasteiger partial charge in [0.2, 0.25) is 15.9 Å². The maximum Gasteiger partial charge on any atom is 0.243 e. The number of hydrogen-bond donors (Lipinski definition) is 2. The van der Waals surface area contributed by atoms with E-state index in [0.29, 0.717) is 12.8 Å². The zero-order valence-electron chi connectivity index (χ0n) is 10.0. The maximum absolute atomic E-state index is 13.2. The van der Waals surface area contributed by atoms with Gasteiger partial charge in [-0.1, -0.05) is 0 Å². The van der Waals surface area contributed by atoms with Crippen LogP contribution in [-0.2, 0) is 14.8 Å². The van der Waals surface area contributed by atoms with Crippen molar-refractivity contribution in [3.8, 4) is 0 Å². The summed E-state index contributed by atoms with van der Waals surface area (Å²) >= 11 is 0. The number of carbonyl (C=O) groups excluding carboxylic acids is 1. The highest BCUT2D eigenvalue weighted by Crippen LogP contribution is 2.27. The zero-order chi connectivity index (χ0) is 14.2. The van der Waals surface area contributed by atoms with Crippen LogP contribution in [-0.4, -0.2) is 31.2 Å². The van der Waals surface area contributed by atoms with Crippen LogP contribution in [0.4, 0.5) is 10.1 Å². The van der Waals surface area contributed by atoms with Gasteiger partial charge in [-0.15, -0.1) is 0 Å². The van der Waals surface area contributed by atoms with Gasteiger partial charge in [-0.3, -0.25) is 4.79 Å². The number of primary amides is 1. The molecule has 1 unspecified atom stereocenters. The standard InChI is InChI=1S/C11H14FN3O3S/c12-7-4-8(13)6-9(5-7)19(17,18)15-3-1-2-10(15)11(14)16/h4-6,10H,1-3,13H2,(H2,14,16). The van der Waals surface area contributed by atoms with Crippen molar-refractivity contribution in [3.63, 3.8) is 0 Å². The zero-order valence-corrected chi connectivity index (χ0v) is 10.9. The number of hydrogen-bond acceptors (Lipinski definition) is 4. The topological polar surface area (TPSA) is 106 Å². The Kier molecular flexibility index (Phi) is 3.46. The summed E-state index contributed by atoms with van der Waals surface area (Å²) in [4.78, 5) is 11.0. The summed E-state index contributed by atoms with van der Waals surface area (Å²) in [6.07, 6.45) is 0.914. The van der Waals surface area contributed by atoms with E-state index in [2.05, 4.69) is 0 Å². The lowest BCUT2D eigenvalue weighted by atomic mass is 10.2. The summed E-state index contributed by atoms with van der Waals surface area (Å²) in [5.41, 5.74) is 10.6. The first kappa shape index (κ1) is 13.8. The second kappa shape index (κ2) is 4.78. The quantitative estimate of drug-likeness (QED) is 0.766. The van der Waals surface area contributed by atoms with Gasteiger partial charge in [-0.25, -0.2) is 12.8 Å². The summed E-state index contributed by atoms with van der Waals surface area (Å²) in [5, 5.41) is 0. The first-order valence-corrected chi connectivity index (χ1v) is 7.13. The molecular formula is C11H14FN3O3S. The number of nitrogens with two attached hydrogens (primary N) is 2. The Morgan fingerprint density at radius 3 is 2.63 bits per heavy atom. The van der Waals surface area contributed by atoms with Crippen LogP contribution in [0, 0.1) is 5.82 Å². The average molecular weight is 287 g/mol. The lowest BCUT2D eigenvalue weighted by Gasteiger charge is -2.21. The number of nitrogen functional groups attached to an aromatic ring is 1. The van der Waals surface area contributed by atoms with Crippen molar-refractivity contribution < 1.29 is 17.6 Å². The van der Waals surface area contributed by atoms with E-state index in [1.54, 1.807) is 0 Å². The van der Waals surface area contributed by atoms with Crippen LogP contribution in [0.15, 0.2) is 23.1 Å². The smallest absolute Gasteiger partial charge is 0.243 e.